The molecule has 70 valence electrons. The summed E-state index contributed by atoms with van der Waals surface area (Å²) in [6, 6.07) is 5.95. The zero-order chi connectivity index (χ0) is 9.68. The fourth-order valence-corrected chi connectivity index (χ4v) is 1.13. The highest BCUT2D eigenvalue weighted by atomic mass is 16.2. The average Bonchev–Trinajstić information content (AvgIpc) is 2.09. The number of hydrogen-bond donors (Lipinski definition) is 2. The van der Waals surface area contributed by atoms with Crippen molar-refractivity contribution in [2.75, 3.05) is 12.3 Å². The van der Waals surface area contributed by atoms with Crippen molar-refractivity contribution in [3.63, 3.8) is 0 Å². The van der Waals surface area contributed by atoms with E-state index in [1.807, 2.05) is 37.3 Å². The molecule has 1 rings (SSSR count). The minimum absolute atomic E-state index is 0.183. The molecule has 13 heavy (non-hydrogen) atoms. The van der Waals surface area contributed by atoms with Gasteiger partial charge in [0, 0.05) is 12.3 Å². The third kappa shape index (κ3) is 2.92. The number of benzene rings is 1. The van der Waals surface area contributed by atoms with Crippen LogP contribution in [0.4, 0.5) is 5.69 Å². The topological polar surface area (TPSA) is 46.2 Å². The van der Waals surface area contributed by atoms with Gasteiger partial charge in [-0.25, -0.2) is 0 Å². The van der Waals surface area contributed by atoms with Gasteiger partial charge in [-0.05, 0) is 30.5 Å². The second-order valence-electron chi connectivity index (χ2n) is 3.05. The second kappa shape index (κ2) is 4.67. The zero-order valence-corrected chi connectivity index (χ0v) is 7.83. The number of aryl methyl sites for hydroxylation is 1. The first-order valence-corrected chi connectivity index (χ1v) is 4.37. The molecule has 0 aromatic heterocycles. The summed E-state index contributed by atoms with van der Waals surface area (Å²) in [7, 11) is 0. The molecule has 2 heteroatoms. The maximum Gasteiger partial charge on any atom is 0.0465 e. The van der Waals surface area contributed by atoms with Crippen LogP contribution in [0.5, 0.6) is 0 Å². The van der Waals surface area contributed by atoms with E-state index < -0.39 is 0 Å². The Kier molecular flexibility index (Phi) is 3.53. The van der Waals surface area contributed by atoms with Gasteiger partial charge in [-0.3, -0.25) is 0 Å². The molecule has 3 N–H and O–H groups in total. The second-order valence-corrected chi connectivity index (χ2v) is 3.05. The van der Waals surface area contributed by atoms with Gasteiger partial charge in [-0.15, -0.1) is 0 Å². The summed E-state index contributed by atoms with van der Waals surface area (Å²) in [6.45, 7) is 2.19. The van der Waals surface area contributed by atoms with Crippen LogP contribution in [0.25, 0.3) is 6.08 Å². The lowest BCUT2D eigenvalue weighted by Gasteiger charge is -2.00. The van der Waals surface area contributed by atoms with Crippen molar-refractivity contribution in [2.24, 2.45) is 0 Å². The predicted octanol–water partition coefficient (Wildman–Crippen LogP) is 1.97. The van der Waals surface area contributed by atoms with Crippen molar-refractivity contribution < 1.29 is 5.11 Å². The van der Waals surface area contributed by atoms with Crippen molar-refractivity contribution in [3.8, 4) is 0 Å². The third-order valence-corrected chi connectivity index (χ3v) is 1.84. The fourth-order valence-electron chi connectivity index (χ4n) is 1.13. The normalized spacial score (nSPS) is 10.9. The Bertz CT molecular complexity index is 305. The maximum atomic E-state index is 8.58. The van der Waals surface area contributed by atoms with E-state index in [1.54, 1.807) is 0 Å². The standard InChI is InChI=1S/C11H15NO/c1-9-5-6-10(11(12)8-9)4-2-3-7-13/h2,4-6,8,13H,3,7,12H2,1H3. The Morgan fingerprint density at radius 1 is 1.46 bits per heavy atom. The van der Waals surface area contributed by atoms with Gasteiger partial charge < -0.3 is 10.8 Å². The summed E-state index contributed by atoms with van der Waals surface area (Å²) >= 11 is 0. The molecule has 1 aromatic carbocycles. The largest absolute Gasteiger partial charge is 0.398 e. The van der Waals surface area contributed by atoms with Crippen molar-refractivity contribution in [1.29, 1.82) is 0 Å². The number of aliphatic hydroxyl groups excluding tert-OH is 1. The van der Waals surface area contributed by atoms with Gasteiger partial charge in [-0.1, -0.05) is 24.3 Å². The third-order valence-electron chi connectivity index (χ3n) is 1.84. The first-order chi connectivity index (χ1) is 6.24. The molecule has 0 heterocycles. The lowest BCUT2D eigenvalue weighted by Crippen LogP contribution is -1.89. The van der Waals surface area contributed by atoms with Crippen LogP contribution in [0.1, 0.15) is 17.5 Å². The molecule has 0 bridgehead atoms. The monoisotopic (exact) mass is 177 g/mol. The highest BCUT2D eigenvalue weighted by Crippen LogP contribution is 2.15. The van der Waals surface area contributed by atoms with Gasteiger partial charge >= 0.3 is 0 Å². The summed E-state index contributed by atoms with van der Waals surface area (Å²) < 4.78 is 0. The molecule has 2 nitrogen and oxygen atoms in total. The van der Waals surface area contributed by atoms with E-state index in [-0.39, 0.29) is 6.61 Å². The molecular weight excluding hydrogens is 162 g/mol. The van der Waals surface area contributed by atoms with Crippen molar-refractivity contribution in [3.05, 3.63) is 35.4 Å². The van der Waals surface area contributed by atoms with E-state index in [2.05, 4.69) is 0 Å². The van der Waals surface area contributed by atoms with Crippen molar-refractivity contribution in [2.45, 2.75) is 13.3 Å². The molecule has 0 aliphatic carbocycles. The predicted molar refractivity (Wildman–Crippen MR) is 56.3 cm³/mol. The lowest BCUT2D eigenvalue weighted by atomic mass is 10.1. The molecule has 0 radical (unpaired) electrons. The smallest absolute Gasteiger partial charge is 0.0465 e. The number of hydrogen-bond acceptors (Lipinski definition) is 2. The van der Waals surface area contributed by atoms with E-state index in [4.69, 9.17) is 10.8 Å². The molecular formula is C11H15NO. The van der Waals surface area contributed by atoms with E-state index in [1.165, 1.54) is 0 Å². The summed E-state index contributed by atoms with van der Waals surface area (Å²) in [5.74, 6) is 0. The van der Waals surface area contributed by atoms with E-state index in [0.29, 0.717) is 6.42 Å². The van der Waals surface area contributed by atoms with E-state index in [9.17, 15) is 0 Å². The van der Waals surface area contributed by atoms with Crippen molar-refractivity contribution >= 4 is 11.8 Å². The molecule has 0 spiro atoms. The summed E-state index contributed by atoms with van der Waals surface area (Å²) in [5.41, 5.74) is 8.75. The molecule has 0 fully saturated rings. The molecule has 0 aliphatic rings. The van der Waals surface area contributed by atoms with Gasteiger partial charge in [0.2, 0.25) is 0 Å². The quantitative estimate of drug-likeness (QED) is 0.693. The molecule has 0 aliphatic heterocycles. The minimum Gasteiger partial charge on any atom is -0.398 e. The lowest BCUT2D eigenvalue weighted by molar-refractivity contribution is 0.303. The number of aliphatic hydroxyl groups is 1. The van der Waals surface area contributed by atoms with E-state index >= 15 is 0 Å². The number of rotatable bonds is 3. The average molecular weight is 177 g/mol. The van der Waals surface area contributed by atoms with Gasteiger partial charge in [-0.2, -0.15) is 0 Å². The molecule has 0 atom stereocenters. The van der Waals surface area contributed by atoms with Crippen LogP contribution in [0.2, 0.25) is 0 Å². The molecule has 0 amide bonds. The van der Waals surface area contributed by atoms with Crippen LogP contribution in [0.3, 0.4) is 0 Å². The Morgan fingerprint density at radius 2 is 2.23 bits per heavy atom. The molecule has 0 unspecified atom stereocenters. The number of nitrogens with two attached hydrogens (primary N) is 1. The maximum absolute atomic E-state index is 8.58. The fraction of sp³-hybridized carbons (Fsp3) is 0.273. The Hall–Kier alpha value is -1.28. The Balaban J connectivity index is 2.77. The molecule has 0 saturated carbocycles. The summed E-state index contributed by atoms with van der Waals surface area (Å²) in [4.78, 5) is 0. The first kappa shape index (κ1) is 9.81. The van der Waals surface area contributed by atoms with E-state index in [0.717, 1.165) is 16.8 Å². The molecule has 1 aromatic rings. The Labute approximate surface area is 78.7 Å². The Morgan fingerprint density at radius 3 is 2.85 bits per heavy atom. The van der Waals surface area contributed by atoms with Crippen molar-refractivity contribution in [1.82, 2.24) is 0 Å². The van der Waals surface area contributed by atoms with Crippen LogP contribution in [-0.2, 0) is 0 Å². The number of anilines is 1. The van der Waals surface area contributed by atoms with Crippen LogP contribution < -0.4 is 5.73 Å². The highest BCUT2D eigenvalue weighted by Gasteiger charge is 1.93. The van der Waals surface area contributed by atoms with Gasteiger partial charge in [0.1, 0.15) is 0 Å². The first-order valence-electron chi connectivity index (χ1n) is 4.37. The zero-order valence-electron chi connectivity index (χ0n) is 7.83. The van der Waals surface area contributed by atoms with Crippen LogP contribution >= 0.6 is 0 Å². The van der Waals surface area contributed by atoms with Crippen LogP contribution in [-0.4, -0.2) is 11.7 Å². The molecule has 0 saturated heterocycles. The number of nitrogen functional groups attached to an aromatic ring is 1. The van der Waals surface area contributed by atoms with Gasteiger partial charge in [0.15, 0.2) is 0 Å². The van der Waals surface area contributed by atoms with Crippen LogP contribution in [0.15, 0.2) is 24.3 Å². The van der Waals surface area contributed by atoms with Gasteiger partial charge in [0.05, 0.1) is 0 Å². The van der Waals surface area contributed by atoms with Gasteiger partial charge in [0.25, 0.3) is 0 Å². The minimum atomic E-state index is 0.183. The van der Waals surface area contributed by atoms with Crippen LogP contribution in [0, 0.1) is 6.92 Å². The summed E-state index contributed by atoms with van der Waals surface area (Å²) in [5, 5.41) is 8.58. The summed E-state index contributed by atoms with van der Waals surface area (Å²) in [6.07, 6.45) is 4.53. The SMILES string of the molecule is Cc1ccc(C=CCCO)c(N)c1. The highest BCUT2D eigenvalue weighted by molar-refractivity contribution is 5.65.